The highest BCUT2D eigenvalue weighted by molar-refractivity contribution is 6.08. The molecule has 6 rings (SSSR count). The van der Waals surface area contributed by atoms with Gasteiger partial charge in [0.05, 0.1) is 24.0 Å². The van der Waals surface area contributed by atoms with E-state index in [2.05, 4.69) is 54.0 Å². The first-order valence-corrected chi connectivity index (χ1v) is 17.5. The standard InChI is InChI=1S/C42H46N4O4/c1-28-34(15-11-23-43)29(2)44-39-37(28)35-14-9-10-16-36(35)45(39)26-31-17-19-32(20-18-31)38(33-21-24-49-25-22-33)40(47)46(41(48)50-42(3,4)5)27-30-12-7-6-8-13-30/h6-10,12-14,16-20,33,38H,11,15,21-22,24-27H2,1-5H3. The first-order valence-electron chi connectivity index (χ1n) is 17.5. The number of carbonyl (C=O) groups is 2. The van der Waals surface area contributed by atoms with Crippen molar-refractivity contribution in [1.29, 1.82) is 5.26 Å². The topological polar surface area (TPSA) is 97.5 Å². The van der Waals surface area contributed by atoms with Crippen LogP contribution in [0.3, 0.4) is 0 Å². The average molecular weight is 671 g/mol. The molecule has 1 fully saturated rings. The van der Waals surface area contributed by atoms with Crippen LogP contribution in [0.4, 0.5) is 4.79 Å². The van der Waals surface area contributed by atoms with Crippen molar-refractivity contribution in [2.24, 2.45) is 5.92 Å². The molecule has 50 heavy (non-hydrogen) atoms. The smallest absolute Gasteiger partial charge is 0.417 e. The summed E-state index contributed by atoms with van der Waals surface area (Å²) in [5.41, 5.74) is 7.36. The molecule has 258 valence electrons. The molecular formula is C42H46N4O4. The van der Waals surface area contributed by atoms with Gasteiger partial charge in [-0.2, -0.15) is 5.26 Å². The number of imide groups is 1. The molecule has 8 heteroatoms. The molecule has 1 atom stereocenters. The number of aromatic nitrogens is 2. The zero-order chi connectivity index (χ0) is 35.4. The molecule has 3 aromatic carbocycles. The lowest BCUT2D eigenvalue weighted by atomic mass is 9.80. The minimum absolute atomic E-state index is 0.0190. The van der Waals surface area contributed by atoms with Crippen molar-refractivity contribution in [3.8, 4) is 6.07 Å². The van der Waals surface area contributed by atoms with Crippen LogP contribution in [0.2, 0.25) is 0 Å². The van der Waals surface area contributed by atoms with E-state index < -0.39 is 17.6 Å². The zero-order valence-corrected chi connectivity index (χ0v) is 29.7. The molecule has 0 N–H and O–H groups in total. The third kappa shape index (κ3) is 7.44. The van der Waals surface area contributed by atoms with Crippen molar-refractivity contribution in [2.45, 2.75) is 84.9 Å². The Labute approximate surface area is 294 Å². The lowest BCUT2D eigenvalue weighted by Gasteiger charge is -2.34. The molecule has 0 radical (unpaired) electrons. The fourth-order valence-corrected chi connectivity index (χ4v) is 7.30. The van der Waals surface area contributed by atoms with E-state index in [0.717, 1.165) is 62.7 Å². The van der Waals surface area contributed by atoms with Gasteiger partial charge in [-0.1, -0.05) is 72.8 Å². The molecule has 0 saturated carbocycles. The van der Waals surface area contributed by atoms with E-state index in [0.29, 0.717) is 32.6 Å². The maximum atomic E-state index is 14.6. The maximum absolute atomic E-state index is 14.6. The van der Waals surface area contributed by atoms with E-state index in [1.165, 1.54) is 10.5 Å². The normalized spacial score (nSPS) is 14.4. The Balaban J connectivity index is 1.36. The molecule has 0 spiro atoms. The molecule has 8 nitrogen and oxygen atoms in total. The number of ether oxygens (including phenoxy) is 2. The van der Waals surface area contributed by atoms with Crippen LogP contribution in [0.1, 0.15) is 79.5 Å². The highest BCUT2D eigenvalue weighted by atomic mass is 16.6. The first-order chi connectivity index (χ1) is 24.1. The van der Waals surface area contributed by atoms with Gasteiger partial charge in [0.25, 0.3) is 0 Å². The number of benzene rings is 3. The molecular weight excluding hydrogens is 624 g/mol. The predicted molar refractivity (Wildman–Crippen MR) is 196 cm³/mol. The number of hydrogen-bond acceptors (Lipinski definition) is 6. The summed E-state index contributed by atoms with van der Waals surface area (Å²) in [7, 11) is 0. The van der Waals surface area contributed by atoms with Crippen molar-refractivity contribution in [3.05, 3.63) is 112 Å². The van der Waals surface area contributed by atoms with Gasteiger partial charge in [0.2, 0.25) is 5.91 Å². The number of pyridine rings is 1. The van der Waals surface area contributed by atoms with Gasteiger partial charge in [0, 0.05) is 42.6 Å². The molecule has 0 aliphatic carbocycles. The summed E-state index contributed by atoms with van der Waals surface area (Å²) < 4.78 is 13.7. The summed E-state index contributed by atoms with van der Waals surface area (Å²) in [6, 6.07) is 28.5. The highest BCUT2D eigenvalue weighted by Crippen LogP contribution is 2.37. The van der Waals surface area contributed by atoms with Gasteiger partial charge in [-0.15, -0.1) is 0 Å². The van der Waals surface area contributed by atoms with Crippen LogP contribution in [0.5, 0.6) is 0 Å². The van der Waals surface area contributed by atoms with Gasteiger partial charge in [0.1, 0.15) is 11.2 Å². The fourth-order valence-electron chi connectivity index (χ4n) is 7.30. The van der Waals surface area contributed by atoms with Crippen LogP contribution < -0.4 is 0 Å². The van der Waals surface area contributed by atoms with Crippen LogP contribution in [0, 0.1) is 31.1 Å². The maximum Gasteiger partial charge on any atom is 0.417 e. The molecule has 2 aromatic heterocycles. The van der Waals surface area contributed by atoms with Crippen LogP contribution in [0.25, 0.3) is 21.9 Å². The zero-order valence-electron chi connectivity index (χ0n) is 29.7. The van der Waals surface area contributed by atoms with Crippen molar-refractivity contribution in [3.63, 3.8) is 0 Å². The SMILES string of the molecule is Cc1nc2c(c(C)c1CCC#N)c1ccccc1n2Cc1ccc(C(C(=O)N(Cc2ccccc2)C(=O)OC(C)(C)C)C2CCOCC2)cc1. The van der Waals surface area contributed by atoms with Gasteiger partial charge >= 0.3 is 6.09 Å². The van der Waals surface area contributed by atoms with E-state index in [-0.39, 0.29) is 18.4 Å². The summed E-state index contributed by atoms with van der Waals surface area (Å²) in [5.74, 6) is -0.769. The number of rotatable bonds is 9. The van der Waals surface area contributed by atoms with Gasteiger partial charge < -0.3 is 14.0 Å². The number of amides is 2. The van der Waals surface area contributed by atoms with E-state index in [9.17, 15) is 14.9 Å². The van der Waals surface area contributed by atoms with Crippen molar-refractivity contribution in [2.75, 3.05) is 13.2 Å². The highest BCUT2D eigenvalue weighted by Gasteiger charge is 2.38. The number of fused-ring (bicyclic) bond motifs is 3. The monoisotopic (exact) mass is 670 g/mol. The largest absolute Gasteiger partial charge is 0.443 e. The Kier molecular flexibility index (Phi) is 10.4. The Bertz CT molecular complexity index is 2030. The third-order valence-electron chi connectivity index (χ3n) is 9.71. The lowest BCUT2D eigenvalue weighted by molar-refractivity contribution is -0.134. The average Bonchev–Trinajstić information content (AvgIpc) is 3.40. The number of para-hydroxylation sites is 1. The van der Waals surface area contributed by atoms with Gasteiger partial charge in [-0.05, 0) is 93.7 Å². The molecule has 5 aromatic rings. The summed E-state index contributed by atoms with van der Waals surface area (Å²) in [4.78, 5) is 34.6. The summed E-state index contributed by atoms with van der Waals surface area (Å²) in [6.45, 7) is 11.5. The minimum Gasteiger partial charge on any atom is -0.443 e. The number of aryl methyl sites for hydroxylation is 2. The molecule has 1 unspecified atom stereocenters. The molecule has 1 aliphatic rings. The van der Waals surface area contributed by atoms with Gasteiger partial charge in [0.15, 0.2) is 0 Å². The van der Waals surface area contributed by atoms with Crippen LogP contribution in [0.15, 0.2) is 78.9 Å². The molecule has 3 heterocycles. The Morgan fingerprint density at radius 3 is 2.34 bits per heavy atom. The van der Waals surface area contributed by atoms with E-state index in [1.807, 2.05) is 70.2 Å². The van der Waals surface area contributed by atoms with Crippen molar-refractivity contribution < 1.29 is 19.1 Å². The van der Waals surface area contributed by atoms with E-state index in [1.54, 1.807) is 0 Å². The predicted octanol–water partition coefficient (Wildman–Crippen LogP) is 8.78. The van der Waals surface area contributed by atoms with Gasteiger partial charge in [-0.3, -0.25) is 4.79 Å². The van der Waals surface area contributed by atoms with E-state index in [4.69, 9.17) is 14.5 Å². The van der Waals surface area contributed by atoms with Crippen molar-refractivity contribution in [1.82, 2.24) is 14.5 Å². The van der Waals surface area contributed by atoms with Crippen LogP contribution >= 0.6 is 0 Å². The molecule has 1 aliphatic heterocycles. The number of nitrogens with zero attached hydrogens (tertiary/aromatic N) is 4. The summed E-state index contributed by atoms with van der Waals surface area (Å²) >= 11 is 0. The Hall–Kier alpha value is -5.00. The minimum atomic E-state index is -0.751. The second-order valence-electron chi connectivity index (χ2n) is 14.3. The van der Waals surface area contributed by atoms with Gasteiger partial charge in [-0.25, -0.2) is 14.7 Å². The summed E-state index contributed by atoms with van der Waals surface area (Å²) in [5, 5.41) is 11.5. The third-order valence-corrected chi connectivity index (χ3v) is 9.71. The first kappa shape index (κ1) is 34.8. The molecule has 2 amide bonds. The molecule has 0 bridgehead atoms. The number of nitriles is 1. The van der Waals surface area contributed by atoms with E-state index >= 15 is 0 Å². The summed E-state index contributed by atoms with van der Waals surface area (Å²) in [6.07, 6.45) is 1.96. The second kappa shape index (κ2) is 14.9. The van der Waals surface area contributed by atoms with Crippen molar-refractivity contribution >= 4 is 33.9 Å². The number of carbonyl (C=O) groups excluding carboxylic acids is 2. The number of hydrogen-bond donors (Lipinski definition) is 0. The van der Waals surface area contributed by atoms with Crippen LogP contribution in [-0.4, -0.2) is 45.3 Å². The second-order valence-corrected chi connectivity index (χ2v) is 14.3. The molecule has 1 saturated heterocycles. The Morgan fingerprint density at radius 1 is 0.980 bits per heavy atom. The Morgan fingerprint density at radius 2 is 1.66 bits per heavy atom. The lowest BCUT2D eigenvalue weighted by Crippen LogP contribution is -2.44. The quantitative estimate of drug-likeness (QED) is 0.156. The van der Waals surface area contributed by atoms with Crippen LogP contribution in [-0.2, 0) is 33.8 Å². The fraction of sp³-hybridized carbons (Fsp3) is 0.381.